The number of benzene rings is 5. The van der Waals surface area contributed by atoms with Gasteiger partial charge in [0.2, 0.25) is 0 Å². The summed E-state index contributed by atoms with van der Waals surface area (Å²) in [5, 5.41) is 4.21. The second-order valence-corrected chi connectivity index (χ2v) is 8.51. The lowest BCUT2D eigenvalue weighted by Gasteiger charge is -2.18. The number of carbonyl (C=O) groups is 2. The highest BCUT2D eigenvalue weighted by atomic mass is 16.2. The van der Waals surface area contributed by atoms with Gasteiger partial charge in [0.15, 0.2) is 0 Å². The van der Waals surface area contributed by atoms with Crippen LogP contribution in [0.1, 0.15) is 20.7 Å². The number of hydrogen-bond donors (Lipinski definition) is 0. The van der Waals surface area contributed by atoms with Crippen molar-refractivity contribution in [2.24, 2.45) is 0 Å². The fourth-order valence-corrected chi connectivity index (χ4v) is 5.26. The van der Waals surface area contributed by atoms with Gasteiger partial charge in [-0.2, -0.15) is 0 Å². The fraction of sp³-hybridized carbons (Fsp3) is 0. The van der Waals surface area contributed by atoms with Gasteiger partial charge >= 0.3 is 0 Å². The van der Waals surface area contributed by atoms with Gasteiger partial charge in [-0.1, -0.05) is 72.8 Å². The van der Waals surface area contributed by atoms with E-state index in [1.54, 1.807) is 24.3 Å². The van der Waals surface area contributed by atoms with Crippen LogP contribution in [0.15, 0.2) is 109 Å². The van der Waals surface area contributed by atoms with Crippen LogP contribution in [0.3, 0.4) is 0 Å². The van der Waals surface area contributed by atoms with E-state index in [-0.39, 0.29) is 11.8 Å². The molecule has 5 aromatic carbocycles. The van der Waals surface area contributed by atoms with Crippen molar-refractivity contribution in [1.29, 1.82) is 0 Å². The van der Waals surface area contributed by atoms with Gasteiger partial charge in [-0.3, -0.25) is 9.59 Å². The number of aromatic nitrogens is 1. The van der Waals surface area contributed by atoms with Crippen LogP contribution in [0, 0.1) is 0 Å². The van der Waals surface area contributed by atoms with E-state index < -0.39 is 0 Å². The van der Waals surface area contributed by atoms with Gasteiger partial charge < -0.3 is 4.57 Å². The van der Waals surface area contributed by atoms with Crippen molar-refractivity contribution in [2.75, 3.05) is 4.90 Å². The van der Waals surface area contributed by atoms with E-state index in [4.69, 9.17) is 0 Å². The minimum atomic E-state index is -0.282. The van der Waals surface area contributed by atoms with Crippen LogP contribution in [0.25, 0.3) is 38.3 Å². The Bertz CT molecular complexity index is 1720. The number of anilines is 1. The molecule has 0 fully saturated rings. The quantitative estimate of drug-likeness (QED) is 0.281. The van der Waals surface area contributed by atoms with E-state index >= 15 is 0 Å². The molecule has 4 heteroatoms. The van der Waals surface area contributed by atoms with Crippen molar-refractivity contribution in [2.45, 2.75) is 0 Å². The summed E-state index contributed by atoms with van der Waals surface area (Å²) in [5.74, 6) is -0.564. The molecular formula is C30H18N2O2. The molecule has 0 saturated heterocycles. The second-order valence-electron chi connectivity index (χ2n) is 8.51. The lowest BCUT2D eigenvalue weighted by Crippen LogP contribution is -2.29. The Morgan fingerprint density at radius 3 is 1.44 bits per heavy atom. The zero-order chi connectivity index (χ0) is 22.8. The third-order valence-electron chi connectivity index (χ3n) is 6.73. The van der Waals surface area contributed by atoms with Crippen LogP contribution < -0.4 is 4.90 Å². The first-order valence-electron chi connectivity index (χ1n) is 11.2. The number of fused-ring (bicyclic) bond motifs is 5. The highest BCUT2D eigenvalue weighted by Gasteiger charge is 2.37. The summed E-state index contributed by atoms with van der Waals surface area (Å²) in [6.45, 7) is 0. The van der Waals surface area contributed by atoms with Crippen molar-refractivity contribution >= 4 is 50.1 Å². The molecule has 0 bridgehead atoms. The minimum Gasteiger partial charge on any atom is -0.309 e. The van der Waals surface area contributed by atoms with Crippen LogP contribution in [0.5, 0.6) is 0 Å². The van der Waals surface area contributed by atoms with Gasteiger partial charge in [0.05, 0.1) is 33.5 Å². The van der Waals surface area contributed by atoms with Crippen LogP contribution >= 0.6 is 0 Å². The molecule has 0 radical (unpaired) electrons. The fourth-order valence-electron chi connectivity index (χ4n) is 5.26. The Balaban J connectivity index is 1.51. The average molecular weight is 438 g/mol. The molecule has 1 aliphatic heterocycles. The number of rotatable bonds is 2. The molecule has 0 N–H and O–H groups in total. The Hall–Kier alpha value is -4.70. The Labute approximate surface area is 195 Å². The van der Waals surface area contributed by atoms with Gasteiger partial charge in [-0.15, -0.1) is 0 Å². The molecule has 0 saturated carbocycles. The second kappa shape index (κ2) is 6.90. The molecule has 34 heavy (non-hydrogen) atoms. The maximum absolute atomic E-state index is 13.2. The van der Waals surface area contributed by atoms with Crippen LogP contribution in [-0.2, 0) is 0 Å². The van der Waals surface area contributed by atoms with Crippen LogP contribution in [-0.4, -0.2) is 16.4 Å². The smallest absolute Gasteiger partial charge is 0.266 e. The summed E-state index contributed by atoms with van der Waals surface area (Å²) >= 11 is 0. The van der Waals surface area contributed by atoms with E-state index in [0.717, 1.165) is 27.5 Å². The van der Waals surface area contributed by atoms with Gasteiger partial charge in [-0.05, 0) is 36.4 Å². The molecule has 4 nitrogen and oxygen atoms in total. The van der Waals surface area contributed by atoms with E-state index in [2.05, 4.69) is 53.1 Å². The monoisotopic (exact) mass is 438 g/mol. The molecule has 0 unspecified atom stereocenters. The maximum Gasteiger partial charge on any atom is 0.266 e. The van der Waals surface area contributed by atoms with Gasteiger partial charge in [0.25, 0.3) is 11.8 Å². The summed E-state index contributed by atoms with van der Waals surface area (Å²) in [6.07, 6.45) is 0. The molecule has 1 aromatic heterocycles. The number of amides is 2. The number of hydrogen-bond acceptors (Lipinski definition) is 2. The SMILES string of the molecule is O=C1c2ccccc2C(=O)N1c1cccc2c(-n3c4ccccc4c4ccccc43)cccc12. The summed E-state index contributed by atoms with van der Waals surface area (Å²) in [4.78, 5) is 27.7. The highest BCUT2D eigenvalue weighted by Crippen LogP contribution is 2.38. The summed E-state index contributed by atoms with van der Waals surface area (Å²) in [7, 11) is 0. The Morgan fingerprint density at radius 1 is 0.412 bits per heavy atom. The summed E-state index contributed by atoms with van der Waals surface area (Å²) < 4.78 is 2.26. The molecule has 1 aliphatic rings. The van der Waals surface area contributed by atoms with E-state index in [1.165, 1.54) is 15.7 Å². The number of nitrogens with zero attached hydrogens (tertiary/aromatic N) is 2. The molecule has 160 valence electrons. The normalized spacial score (nSPS) is 13.4. The van der Waals surface area contributed by atoms with Crippen molar-refractivity contribution < 1.29 is 9.59 Å². The molecule has 0 atom stereocenters. The zero-order valence-electron chi connectivity index (χ0n) is 18.1. The number of carbonyl (C=O) groups excluding carboxylic acids is 2. The molecule has 2 heterocycles. The predicted molar refractivity (Wildman–Crippen MR) is 136 cm³/mol. The topological polar surface area (TPSA) is 42.3 Å². The number of imide groups is 1. The van der Waals surface area contributed by atoms with Crippen molar-refractivity contribution in [3.63, 3.8) is 0 Å². The van der Waals surface area contributed by atoms with E-state index in [9.17, 15) is 9.59 Å². The summed E-state index contributed by atoms with van der Waals surface area (Å²) in [6, 6.07) is 35.6. The standard InChI is InChI=1S/C30H18N2O2/c33-29-23-11-1-2-12-24(23)30(34)32(29)28-18-8-13-21-22(28)14-7-17-27(21)31-25-15-5-3-9-19(25)20-10-4-6-16-26(20)31/h1-18H. The first-order valence-corrected chi connectivity index (χ1v) is 11.2. The third kappa shape index (κ3) is 2.42. The predicted octanol–water partition coefficient (Wildman–Crippen LogP) is 6.74. The molecule has 6 aromatic rings. The minimum absolute atomic E-state index is 0.282. The van der Waals surface area contributed by atoms with Crippen LogP contribution in [0.2, 0.25) is 0 Å². The van der Waals surface area contributed by atoms with E-state index in [0.29, 0.717) is 16.8 Å². The largest absolute Gasteiger partial charge is 0.309 e. The van der Waals surface area contributed by atoms with Crippen molar-refractivity contribution in [1.82, 2.24) is 4.57 Å². The molecule has 0 spiro atoms. The van der Waals surface area contributed by atoms with E-state index in [1.807, 2.05) is 36.4 Å². The van der Waals surface area contributed by atoms with Gasteiger partial charge in [-0.25, -0.2) is 4.90 Å². The zero-order valence-corrected chi connectivity index (χ0v) is 18.1. The lowest BCUT2D eigenvalue weighted by atomic mass is 10.1. The first-order chi connectivity index (χ1) is 16.7. The molecule has 7 rings (SSSR count). The summed E-state index contributed by atoms with van der Waals surface area (Å²) in [5.41, 5.74) is 4.73. The number of para-hydroxylation sites is 2. The van der Waals surface area contributed by atoms with Crippen molar-refractivity contribution in [3.8, 4) is 5.69 Å². The molecular weight excluding hydrogens is 420 g/mol. The van der Waals surface area contributed by atoms with Crippen molar-refractivity contribution in [3.05, 3.63) is 120 Å². The third-order valence-corrected chi connectivity index (χ3v) is 6.73. The van der Waals surface area contributed by atoms with Crippen LogP contribution in [0.4, 0.5) is 5.69 Å². The Morgan fingerprint density at radius 2 is 0.853 bits per heavy atom. The molecule has 2 amide bonds. The lowest BCUT2D eigenvalue weighted by molar-refractivity contribution is 0.0926. The Kier molecular flexibility index (Phi) is 3.82. The molecule has 0 aliphatic carbocycles. The highest BCUT2D eigenvalue weighted by molar-refractivity contribution is 6.36. The average Bonchev–Trinajstić information content (AvgIpc) is 3.35. The van der Waals surface area contributed by atoms with Gasteiger partial charge in [0.1, 0.15) is 0 Å². The maximum atomic E-state index is 13.2. The first kappa shape index (κ1) is 18.8. The van der Waals surface area contributed by atoms with Gasteiger partial charge in [0, 0.05) is 21.5 Å².